The van der Waals surface area contributed by atoms with E-state index in [1.165, 1.54) is 5.56 Å². The fourth-order valence-electron chi connectivity index (χ4n) is 3.80. The van der Waals surface area contributed by atoms with Crippen LogP contribution in [0.15, 0.2) is 72.2 Å². The lowest BCUT2D eigenvalue weighted by Crippen LogP contribution is -2.47. The van der Waals surface area contributed by atoms with Gasteiger partial charge in [0.25, 0.3) is 0 Å². The second-order valence-corrected chi connectivity index (χ2v) is 8.94. The number of amides is 2. The molecule has 1 aliphatic heterocycles. The molecule has 2 aliphatic rings. The van der Waals surface area contributed by atoms with Gasteiger partial charge >= 0.3 is 6.03 Å². The minimum Gasteiger partial charge on any atom is -0.300 e. The Labute approximate surface area is 172 Å². The third kappa shape index (κ3) is 4.04. The van der Waals surface area contributed by atoms with Crippen LogP contribution in [0.4, 0.5) is 4.79 Å². The van der Waals surface area contributed by atoms with Crippen molar-refractivity contribution in [2.24, 2.45) is 5.41 Å². The van der Waals surface area contributed by atoms with E-state index in [1.807, 2.05) is 47.1 Å². The van der Waals surface area contributed by atoms with E-state index in [0.717, 1.165) is 29.1 Å². The third-order valence-corrected chi connectivity index (χ3v) is 5.25. The van der Waals surface area contributed by atoms with Gasteiger partial charge in [0.2, 0.25) is 0 Å². The third-order valence-electron chi connectivity index (χ3n) is 5.25. The number of hydrogen-bond donors (Lipinski definition) is 0. The minimum atomic E-state index is 0.0334. The van der Waals surface area contributed by atoms with Crippen molar-refractivity contribution in [1.29, 1.82) is 0 Å². The van der Waals surface area contributed by atoms with Crippen LogP contribution in [0.2, 0.25) is 0 Å². The van der Waals surface area contributed by atoms with Gasteiger partial charge in [-0.15, -0.1) is 0 Å². The van der Waals surface area contributed by atoms with Crippen molar-refractivity contribution in [3.63, 3.8) is 0 Å². The molecule has 29 heavy (non-hydrogen) atoms. The number of allylic oxidation sites excluding steroid dienone is 4. The van der Waals surface area contributed by atoms with Crippen LogP contribution >= 0.6 is 0 Å². The molecule has 1 aromatic carbocycles. The maximum atomic E-state index is 13.0. The minimum absolute atomic E-state index is 0.0334. The Morgan fingerprint density at radius 2 is 1.79 bits per heavy atom. The van der Waals surface area contributed by atoms with Crippen molar-refractivity contribution in [3.05, 3.63) is 83.5 Å². The zero-order valence-corrected chi connectivity index (χ0v) is 17.6. The first kappa shape index (κ1) is 19.2. The summed E-state index contributed by atoms with van der Waals surface area (Å²) >= 11 is 0. The molecule has 0 radical (unpaired) electrons. The quantitative estimate of drug-likeness (QED) is 0.747. The summed E-state index contributed by atoms with van der Waals surface area (Å²) in [5.41, 5.74) is 5.43. The van der Waals surface area contributed by atoms with Crippen LogP contribution in [0.1, 0.15) is 38.4 Å². The lowest BCUT2D eigenvalue weighted by Gasteiger charge is -2.39. The second kappa shape index (κ2) is 7.39. The molecule has 2 aromatic rings. The molecule has 2 amide bonds. The van der Waals surface area contributed by atoms with E-state index in [9.17, 15) is 4.79 Å². The number of rotatable bonds is 4. The first-order valence-corrected chi connectivity index (χ1v) is 10.0. The van der Waals surface area contributed by atoms with Crippen molar-refractivity contribution < 1.29 is 4.79 Å². The topological polar surface area (TPSA) is 41.4 Å². The number of urea groups is 1. The van der Waals surface area contributed by atoms with Gasteiger partial charge in [0.05, 0.1) is 12.2 Å². The maximum Gasteiger partial charge on any atom is 0.328 e. The van der Waals surface area contributed by atoms with Crippen molar-refractivity contribution >= 4 is 11.6 Å². The standard InChI is InChI=1S/C24H28N4O/c1-24(2,3)17-27-20-11-10-19(14-21(15-20)26(4)23(27)29)22-12-13-25-28(22)16-18-8-6-5-7-9-18/h5-14H,15-17H2,1-4H3. The smallest absolute Gasteiger partial charge is 0.300 e. The van der Waals surface area contributed by atoms with E-state index in [-0.39, 0.29) is 11.4 Å². The molecule has 1 fully saturated rings. The summed E-state index contributed by atoms with van der Waals surface area (Å²) in [6, 6.07) is 12.4. The number of carbonyl (C=O) groups is 1. The molecule has 150 valence electrons. The predicted molar refractivity (Wildman–Crippen MR) is 116 cm³/mol. The highest BCUT2D eigenvalue weighted by Gasteiger charge is 2.33. The van der Waals surface area contributed by atoms with Gasteiger partial charge in [-0.05, 0) is 29.2 Å². The van der Waals surface area contributed by atoms with Gasteiger partial charge in [-0.25, -0.2) is 4.79 Å². The van der Waals surface area contributed by atoms with Crippen LogP contribution < -0.4 is 0 Å². The number of benzene rings is 1. The van der Waals surface area contributed by atoms with Crippen LogP contribution in [-0.2, 0) is 6.54 Å². The van der Waals surface area contributed by atoms with Gasteiger partial charge in [-0.3, -0.25) is 9.58 Å². The van der Waals surface area contributed by atoms with E-state index < -0.39 is 0 Å². The summed E-state index contributed by atoms with van der Waals surface area (Å²) in [5.74, 6) is 0. The Morgan fingerprint density at radius 3 is 2.52 bits per heavy atom. The highest BCUT2D eigenvalue weighted by molar-refractivity contribution is 5.84. The largest absolute Gasteiger partial charge is 0.328 e. The lowest BCUT2D eigenvalue weighted by atomic mass is 9.95. The summed E-state index contributed by atoms with van der Waals surface area (Å²) in [6.45, 7) is 7.89. The molecular weight excluding hydrogens is 360 g/mol. The number of hydrogen-bond acceptors (Lipinski definition) is 2. The number of nitrogens with zero attached hydrogens (tertiary/aromatic N) is 4. The van der Waals surface area contributed by atoms with Gasteiger partial charge in [-0.1, -0.05) is 57.2 Å². The van der Waals surface area contributed by atoms with Gasteiger partial charge < -0.3 is 4.90 Å². The number of carbonyl (C=O) groups excluding carboxylic acids is 1. The average Bonchev–Trinajstić information content (AvgIpc) is 3.03. The molecule has 0 saturated carbocycles. The summed E-state index contributed by atoms with van der Waals surface area (Å²) in [6.07, 6.45) is 8.92. The van der Waals surface area contributed by atoms with Crippen LogP contribution in [0.5, 0.6) is 0 Å². The molecule has 0 spiro atoms. The fraction of sp³-hybridized carbons (Fsp3) is 0.333. The summed E-state index contributed by atoms with van der Waals surface area (Å²) < 4.78 is 2.01. The molecule has 5 heteroatoms. The molecule has 0 atom stereocenters. The van der Waals surface area contributed by atoms with Crippen LogP contribution in [0, 0.1) is 5.41 Å². The Morgan fingerprint density at radius 1 is 1.03 bits per heavy atom. The van der Waals surface area contributed by atoms with Crippen molar-refractivity contribution in [2.75, 3.05) is 13.6 Å². The molecule has 5 nitrogen and oxygen atoms in total. The maximum absolute atomic E-state index is 13.0. The molecule has 0 N–H and O–H groups in total. The van der Waals surface area contributed by atoms with Gasteiger partial charge in [0.15, 0.2) is 0 Å². The zero-order valence-electron chi connectivity index (χ0n) is 17.6. The average molecular weight is 389 g/mol. The van der Waals surface area contributed by atoms with Crippen LogP contribution in [0.3, 0.4) is 0 Å². The Hall–Kier alpha value is -3.08. The highest BCUT2D eigenvalue weighted by Crippen LogP contribution is 2.34. The van der Waals surface area contributed by atoms with E-state index >= 15 is 0 Å². The summed E-state index contributed by atoms with van der Waals surface area (Å²) in [5, 5.41) is 4.54. The van der Waals surface area contributed by atoms with Crippen molar-refractivity contribution in [1.82, 2.24) is 19.6 Å². The van der Waals surface area contributed by atoms with Crippen LogP contribution in [0.25, 0.3) is 5.57 Å². The second-order valence-electron chi connectivity index (χ2n) is 8.94. The normalized spacial score (nSPS) is 17.0. The van der Waals surface area contributed by atoms with Crippen molar-refractivity contribution in [3.8, 4) is 0 Å². The number of aromatic nitrogens is 2. The first-order valence-electron chi connectivity index (χ1n) is 10.0. The van der Waals surface area contributed by atoms with E-state index in [4.69, 9.17) is 0 Å². The Balaban J connectivity index is 1.69. The summed E-state index contributed by atoms with van der Waals surface area (Å²) in [4.78, 5) is 16.7. The van der Waals surface area contributed by atoms with E-state index in [1.54, 1.807) is 4.90 Å². The van der Waals surface area contributed by atoms with Crippen molar-refractivity contribution in [2.45, 2.75) is 33.7 Å². The zero-order chi connectivity index (χ0) is 20.6. The molecule has 2 heterocycles. The van der Waals surface area contributed by atoms with E-state index in [2.05, 4.69) is 56.2 Å². The molecular formula is C24H28N4O. The molecule has 2 bridgehead atoms. The molecule has 1 aliphatic carbocycles. The van der Waals surface area contributed by atoms with Gasteiger partial charge in [0, 0.05) is 43.2 Å². The summed E-state index contributed by atoms with van der Waals surface area (Å²) in [7, 11) is 1.87. The fourth-order valence-corrected chi connectivity index (χ4v) is 3.80. The lowest BCUT2D eigenvalue weighted by molar-refractivity contribution is 0.156. The monoisotopic (exact) mass is 388 g/mol. The molecule has 0 unspecified atom stereocenters. The molecule has 1 aromatic heterocycles. The first-order chi connectivity index (χ1) is 13.8. The van der Waals surface area contributed by atoms with Crippen LogP contribution in [-0.4, -0.2) is 39.2 Å². The van der Waals surface area contributed by atoms with E-state index in [0.29, 0.717) is 13.1 Å². The highest BCUT2D eigenvalue weighted by atomic mass is 16.2. The Kier molecular flexibility index (Phi) is 4.91. The van der Waals surface area contributed by atoms with Gasteiger partial charge in [-0.2, -0.15) is 5.10 Å². The molecule has 4 rings (SSSR count). The Bertz CT molecular complexity index is 1010. The van der Waals surface area contributed by atoms with Gasteiger partial charge in [0.1, 0.15) is 0 Å². The predicted octanol–water partition coefficient (Wildman–Crippen LogP) is 4.90. The number of fused-ring (bicyclic) bond motifs is 2. The molecule has 1 saturated heterocycles. The SMILES string of the molecule is CN1C(=O)N(CC(C)(C)C)C2=CC=C(c3ccnn3Cc3ccccc3)C=C1C2.